The fourth-order valence-electron chi connectivity index (χ4n) is 6.15. The Balaban J connectivity index is 1.59. The second-order valence-corrected chi connectivity index (χ2v) is 12.8. The summed E-state index contributed by atoms with van der Waals surface area (Å²) in [6, 6.07) is 14.0. The number of carbonyl (C=O) groups is 1. The molecule has 2 aliphatic rings. The third-order valence-electron chi connectivity index (χ3n) is 8.39. The molecule has 2 N–H and O–H groups in total. The van der Waals surface area contributed by atoms with Crippen LogP contribution in [0.15, 0.2) is 83.4 Å². The molecule has 0 bridgehead atoms. The van der Waals surface area contributed by atoms with Crippen molar-refractivity contribution in [1.29, 1.82) is 0 Å². The van der Waals surface area contributed by atoms with Gasteiger partial charge in [-0.2, -0.15) is 4.58 Å². The average Bonchev–Trinajstić information content (AvgIpc) is 3.29. The van der Waals surface area contributed by atoms with Crippen molar-refractivity contribution in [2.45, 2.75) is 69.1 Å². The number of anilines is 1. The Morgan fingerprint density at radius 2 is 1.76 bits per heavy atom. The molecule has 0 spiro atoms. The van der Waals surface area contributed by atoms with Gasteiger partial charge in [0.1, 0.15) is 6.54 Å². The molecule has 0 amide bonds. The van der Waals surface area contributed by atoms with Crippen molar-refractivity contribution in [3.05, 3.63) is 89.7 Å². The molecule has 2 aliphatic heterocycles. The maximum atomic E-state index is 11.8. The van der Waals surface area contributed by atoms with E-state index in [2.05, 4.69) is 85.7 Å². The molecule has 0 saturated carbocycles. The molecule has 0 aromatic heterocycles. The zero-order chi connectivity index (χ0) is 30.5. The smallest absolute Gasteiger partial charge is 0.303 e. The zero-order valence-corrected chi connectivity index (χ0v) is 26.1. The number of fused-ring (bicyclic) bond motifs is 2. The standard InChI is InChI=1S/C34H42N2O5S/c1-33(2)26-14-11-12-15-28(26)35(21-13-7-10-18-32(37)38)30(33)16-8-6-9-17-31-34(3,4)27-24-25(42(39)40)19-20-29(27)36(31)22-23-41-5/h6,8-9,11-12,14-17,19-20,24H,7,10,13,18,21-23H2,1-5H3,(H-,37,38,39,40)/p+1. The number of ether oxygens (including phenoxy) is 1. The van der Waals surface area contributed by atoms with Gasteiger partial charge in [0.2, 0.25) is 5.69 Å². The fourth-order valence-corrected chi connectivity index (χ4v) is 6.55. The number of benzene rings is 2. The first-order chi connectivity index (χ1) is 20.0. The molecule has 224 valence electrons. The van der Waals surface area contributed by atoms with Gasteiger partial charge in [0.15, 0.2) is 16.8 Å². The number of nitrogens with zero attached hydrogens (tertiary/aromatic N) is 2. The minimum atomic E-state index is -2.04. The molecule has 7 nitrogen and oxygen atoms in total. The molecule has 0 saturated heterocycles. The summed E-state index contributed by atoms with van der Waals surface area (Å²) in [6.07, 6.45) is 13.2. The van der Waals surface area contributed by atoms with E-state index in [1.165, 1.54) is 17.0 Å². The first-order valence-corrected chi connectivity index (χ1v) is 15.6. The van der Waals surface area contributed by atoms with Crippen LogP contribution in [0.4, 0.5) is 11.4 Å². The van der Waals surface area contributed by atoms with E-state index >= 15 is 0 Å². The topological polar surface area (TPSA) is 90.1 Å². The fraction of sp³-hybridized carbons (Fsp3) is 0.412. The molecular formula is C34H43N2O5S+. The molecule has 1 atom stereocenters. The molecule has 2 heterocycles. The van der Waals surface area contributed by atoms with Crippen LogP contribution in [0.3, 0.4) is 0 Å². The lowest BCUT2D eigenvalue weighted by molar-refractivity contribution is -0.438. The van der Waals surface area contributed by atoms with E-state index in [0.29, 0.717) is 24.5 Å². The quantitative estimate of drug-likeness (QED) is 0.116. The second-order valence-electron chi connectivity index (χ2n) is 11.9. The van der Waals surface area contributed by atoms with E-state index in [9.17, 15) is 13.6 Å². The normalized spacial score (nSPS) is 18.8. The molecule has 1 unspecified atom stereocenters. The minimum Gasteiger partial charge on any atom is -0.481 e. The van der Waals surface area contributed by atoms with Crippen LogP contribution >= 0.6 is 0 Å². The van der Waals surface area contributed by atoms with Gasteiger partial charge in [-0.15, -0.1) is 0 Å². The first-order valence-electron chi connectivity index (χ1n) is 14.5. The Morgan fingerprint density at radius 1 is 1.00 bits per heavy atom. The Kier molecular flexibility index (Phi) is 10.0. The molecule has 0 aliphatic carbocycles. The van der Waals surface area contributed by atoms with Crippen LogP contribution in [0.5, 0.6) is 0 Å². The summed E-state index contributed by atoms with van der Waals surface area (Å²) in [7, 11) is 1.69. The monoisotopic (exact) mass is 591 g/mol. The highest BCUT2D eigenvalue weighted by molar-refractivity contribution is 7.79. The number of rotatable bonds is 13. The summed E-state index contributed by atoms with van der Waals surface area (Å²) in [4.78, 5) is 13.5. The van der Waals surface area contributed by atoms with Crippen molar-refractivity contribution in [1.82, 2.24) is 0 Å². The van der Waals surface area contributed by atoms with Gasteiger partial charge in [-0.05, 0) is 56.5 Å². The summed E-state index contributed by atoms with van der Waals surface area (Å²) in [5.41, 5.74) is 6.38. The number of methoxy groups -OCH3 is 1. The Labute approximate surface area is 252 Å². The van der Waals surface area contributed by atoms with E-state index in [1.807, 2.05) is 18.2 Å². The van der Waals surface area contributed by atoms with Crippen molar-refractivity contribution >= 4 is 34.1 Å². The average molecular weight is 592 g/mol. The molecular weight excluding hydrogens is 548 g/mol. The largest absolute Gasteiger partial charge is 0.481 e. The lowest BCUT2D eigenvalue weighted by Gasteiger charge is -2.26. The highest BCUT2D eigenvalue weighted by Crippen LogP contribution is 2.48. The number of para-hydroxylation sites is 1. The Hall–Kier alpha value is -3.33. The molecule has 2 aromatic rings. The predicted molar refractivity (Wildman–Crippen MR) is 169 cm³/mol. The van der Waals surface area contributed by atoms with Crippen LogP contribution in [-0.2, 0) is 31.4 Å². The van der Waals surface area contributed by atoms with E-state index in [1.54, 1.807) is 13.2 Å². The third kappa shape index (κ3) is 6.51. The maximum Gasteiger partial charge on any atom is 0.303 e. The van der Waals surface area contributed by atoms with E-state index in [-0.39, 0.29) is 17.3 Å². The Bertz CT molecular complexity index is 1470. The second kappa shape index (κ2) is 13.3. The molecule has 0 fully saturated rings. The van der Waals surface area contributed by atoms with E-state index in [0.717, 1.165) is 36.3 Å². The molecule has 2 aromatic carbocycles. The van der Waals surface area contributed by atoms with Crippen LogP contribution in [0.2, 0.25) is 0 Å². The molecule has 0 radical (unpaired) electrons. The number of carboxylic acid groups (broad SMARTS) is 1. The van der Waals surface area contributed by atoms with Crippen LogP contribution in [-0.4, -0.2) is 56.9 Å². The first kappa shape index (κ1) is 31.6. The summed E-state index contributed by atoms with van der Waals surface area (Å²) in [5.74, 6) is -0.738. The number of allylic oxidation sites excluding steroid dienone is 6. The van der Waals surface area contributed by atoms with Crippen LogP contribution in [0.25, 0.3) is 0 Å². The van der Waals surface area contributed by atoms with Crippen molar-refractivity contribution in [2.75, 3.05) is 31.7 Å². The van der Waals surface area contributed by atoms with Crippen molar-refractivity contribution in [3.8, 4) is 0 Å². The summed E-state index contributed by atoms with van der Waals surface area (Å²) >= 11 is -2.04. The van der Waals surface area contributed by atoms with Crippen LogP contribution in [0, 0.1) is 0 Å². The van der Waals surface area contributed by atoms with Gasteiger partial charge < -0.3 is 19.3 Å². The minimum absolute atomic E-state index is 0.156. The third-order valence-corrected chi connectivity index (χ3v) is 9.04. The summed E-state index contributed by atoms with van der Waals surface area (Å²) < 4.78 is 29.2. The van der Waals surface area contributed by atoms with Crippen LogP contribution < -0.4 is 4.90 Å². The SMILES string of the molecule is COCCN1C(=CC=CC=CC2=[N+](CCCCCC(=O)O)c3ccccc3C2(C)C)C(C)(C)c2cc(S(=O)O)ccc21. The molecule has 4 rings (SSSR count). The number of hydrogen-bond acceptors (Lipinski definition) is 4. The summed E-state index contributed by atoms with van der Waals surface area (Å²) in [5, 5.41) is 8.97. The highest BCUT2D eigenvalue weighted by Gasteiger charge is 2.44. The van der Waals surface area contributed by atoms with Crippen LogP contribution in [0.1, 0.15) is 64.5 Å². The van der Waals surface area contributed by atoms with Crippen molar-refractivity contribution in [2.24, 2.45) is 0 Å². The van der Waals surface area contributed by atoms with E-state index in [4.69, 9.17) is 9.84 Å². The van der Waals surface area contributed by atoms with Gasteiger partial charge in [-0.3, -0.25) is 4.79 Å². The number of unbranched alkanes of at least 4 members (excludes halogenated alkanes) is 2. The van der Waals surface area contributed by atoms with Gasteiger partial charge in [-0.25, -0.2) is 4.21 Å². The maximum absolute atomic E-state index is 11.8. The number of carboxylic acids is 1. The zero-order valence-electron chi connectivity index (χ0n) is 25.3. The van der Waals surface area contributed by atoms with Gasteiger partial charge in [-0.1, -0.05) is 50.3 Å². The van der Waals surface area contributed by atoms with E-state index < -0.39 is 17.0 Å². The molecule has 42 heavy (non-hydrogen) atoms. The van der Waals surface area contributed by atoms with Crippen molar-refractivity contribution in [3.63, 3.8) is 0 Å². The summed E-state index contributed by atoms with van der Waals surface area (Å²) in [6.45, 7) is 10.9. The van der Waals surface area contributed by atoms with Gasteiger partial charge in [0, 0.05) is 61.0 Å². The number of aliphatic carboxylic acids is 1. The molecule has 8 heteroatoms. The highest BCUT2D eigenvalue weighted by atomic mass is 32.2. The van der Waals surface area contributed by atoms with Crippen molar-refractivity contribution < 1.29 is 28.0 Å². The van der Waals surface area contributed by atoms with Gasteiger partial charge in [0.05, 0.1) is 16.9 Å². The lowest BCUT2D eigenvalue weighted by Crippen LogP contribution is -2.28. The lowest BCUT2D eigenvalue weighted by atomic mass is 9.81. The Morgan fingerprint density at radius 3 is 2.48 bits per heavy atom. The van der Waals surface area contributed by atoms with Gasteiger partial charge >= 0.3 is 5.97 Å². The number of hydrogen-bond donors (Lipinski definition) is 2. The van der Waals surface area contributed by atoms with Gasteiger partial charge in [0.25, 0.3) is 0 Å². The predicted octanol–water partition coefficient (Wildman–Crippen LogP) is 6.73.